The fourth-order valence-corrected chi connectivity index (χ4v) is 7.83. The first-order chi connectivity index (χ1) is 15.2. The predicted molar refractivity (Wildman–Crippen MR) is 126 cm³/mol. The molecule has 1 aromatic carbocycles. The third kappa shape index (κ3) is 3.31. The van der Waals surface area contributed by atoms with E-state index in [1.54, 1.807) is 6.92 Å². The molecule has 3 nitrogen and oxygen atoms in total. The van der Waals surface area contributed by atoms with Gasteiger partial charge in [-0.2, -0.15) is 0 Å². The number of Topliss-reactive ketones (excluding diaryl/α,β-unsaturated/α-hetero) is 1. The normalized spacial score (nSPS) is 38.0. The molecule has 0 radical (unpaired) electrons. The lowest BCUT2D eigenvalue weighted by Crippen LogP contribution is -2.50. The van der Waals surface area contributed by atoms with Crippen molar-refractivity contribution >= 4 is 11.8 Å². The van der Waals surface area contributed by atoms with E-state index in [1.807, 2.05) is 31.2 Å². The van der Waals surface area contributed by atoms with E-state index in [2.05, 4.69) is 26.0 Å². The summed E-state index contributed by atoms with van der Waals surface area (Å²) in [7, 11) is 0. The topological polar surface area (TPSA) is 43.4 Å². The second kappa shape index (κ2) is 7.71. The zero-order valence-electron chi connectivity index (χ0n) is 19.9. The largest absolute Gasteiger partial charge is 0.458 e. The van der Waals surface area contributed by atoms with Gasteiger partial charge in [0, 0.05) is 6.42 Å². The molecule has 4 aliphatic rings. The Hall–Kier alpha value is -2.16. The van der Waals surface area contributed by atoms with Gasteiger partial charge in [0.25, 0.3) is 0 Å². The van der Waals surface area contributed by atoms with Crippen molar-refractivity contribution in [3.8, 4) is 0 Å². The van der Waals surface area contributed by atoms with Crippen molar-refractivity contribution in [2.45, 2.75) is 78.7 Å². The van der Waals surface area contributed by atoms with Gasteiger partial charge in [0.05, 0.1) is 5.56 Å². The monoisotopic (exact) mass is 432 g/mol. The highest BCUT2D eigenvalue weighted by molar-refractivity contribution is 5.95. The number of rotatable bonds is 3. The molecule has 0 spiro atoms. The number of hydrogen-bond acceptors (Lipinski definition) is 3. The first kappa shape index (κ1) is 21.7. The van der Waals surface area contributed by atoms with Crippen molar-refractivity contribution in [3.63, 3.8) is 0 Å². The molecule has 0 N–H and O–H groups in total. The average Bonchev–Trinajstić information content (AvgIpc) is 3.11. The fraction of sp³-hybridized carbons (Fsp3) is 0.586. The molecule has 0 aliphatic heterocycles. The standard InChI is InChI=1S/C29H36O3/c1-18-6-5-7-20(16-18)27(31)32-22-12-14-28(3)21(17-22)8-9-23-25-11-10-24(19(2)30)29(25,4)15-13-26(23)28/h5-8,10,16,22-23,25-26H,9,11-15,17H2,1-4H3/t22-,23-,25-,26-,28-,29+/m0/s1. The van der Waals surface area contributed by atoms with Gasteiger partial charge in [-0.1, -0.05) is 49.3 Å². The molecule has 0 bridgehead atoms. The fourth-order valence-electron chi connectivity index (χ4n) is 7.83. The summed E-state index contributed by atoms with van der Waals surface area (Å²) in [5, 5.41) is 0. The molecule has 0 amide bonds. The molecule has 0 aromatic heterocycles. The number of carbonyl (C=O) groups excluding carboxylic acids is 2. The van der Waals surface area contributed by atoms with Crippen LogP contribution in [0.4, 0.5) is 0 Å². The number of benzene rings is 1. The van der Waals surface area contributed by atoms with Crippen LogP contribution >= 0.6 is 0 Å². The van der Waals surface area contributed by atoms with Crippen LogP contribution in [-0.4, -0.2) is 17.9 Å². The molecule has 0 saturated heterocycles. The Bertz CT molecular complexity index is 1020. The third-order valence-corrected chi connectivity index (χ3v) is 9.55. The van der Waals surface area contributed by atoms with Crippen molar-refractivity contribution in [1.82, 2.24) is 0 Å². The Morgan fingerprint density at radius 1 is 1.00 bits per heavy atom. The number of ether oxygens (including phenoxy) is 1. The van der Waals surface area contributed by atoms with Gasteiger partial charge in [0.2, 0.25) is 0 Å². The molecular formula is C29H36O3. The second-order valence-corrected chi connectivity index (χ2v) is 11.3. The Balaban J connectivity index is 1.32. The molecule has 1 aromatic rings. The van der Waals surface area contributed by atoms with Gasteiger partial charge in [0.1, 0.15) is 6.10 Å². The summed E-state index contributed by atoms with van der Waals surface area (Å²) in [5.74, 6) is 1.99. The molecule has 3 heteroatoms. The molecule has 0 unspecified atom stereocenters. The lowest BCUT2D eigenvalue weighted by atomic mass is 9.47. The molecular weight excluding hydrogens is 396 g/mol. The number of carbonyl (C=O) groups is 2. The average molecular weight is 433 g/mol. The minimum atomic E-state index is -0.196. The summed E-state index contributed by atoms with van der Waals surface area (Å²) >= 11 is 0. The van der Waals surface area contributed by atoms with E-state index < -0.39 is 0 Å². The van der Waals surface area contributed by atoms with E-state index in [-0.39, 0.29) is 28.7 Å². The van der Waals surface area contributed by atoms with Crippen LogP contribution < -0.4 is 0 Å². The van der Waals surface area contributed by atoms with Crippen molar-refractivity contribution < 1.29 is 14.3 Å². The number of aryl methyl sites for hydroxylation is 1. The number of ketones is 1. The highest BCUT2D eigenvalue weighted by Gasteiger charge is 2.57. The Kier molecular flexibility index (Phi) is 5.22. The number of allylic oxidation sites excluding steroid dienone is 3. The number of esters is 1. The van der Waals surface area contributed by atoms with Crippen LogP contribution in [0.5, 0.6) is 0 Å². The molecule has 2 saturated carbocycles. The Morgan fingerprint density at radius 3 is 2.53 bits per heavy atom. The van der Waals surface area contributed by atoms with Gasteiger partial charge in [-0.3, -0.25) is 4.79 Å². The van der Waals surface area contributed by atoms with E-state index in [0.717, 1.165) is 49.7 Å². The minimum absolute atomic E-state index is 0.0230. The first-order valence-electron chi connectivity index (χ1n) is 12.4. The number of fused-ring (bicyclic) bond motifs is 5. The summed E-state index contributed by atoms with van der Waals surface area (Å²) in [6.45, 7) is 8.55. The highest BCUT2D eigenvalue weighted by atomic mass is 16.5. The smallest absolute Gasteiger partial charge is 0.338 e. The van der Waals surface area contributed by atoms with Crippen LogP contribution in [0.25, 0.3) is 0 Å². The van der Waals surface area contributed by atoms with E-state index >= 15 is 0 Å². The van der Waals surface area contributed by atoms with Gasteiger partial charge in [0.15, 0.2) is 5.78 Å². The van der Waals surface area contributed by atoms with Crippen LogP contribution in [0.15, 0.2) is 47.6 Å². The SMILES string of the molecule is CC(=O)C1=CC[C@H]2[C@@H]3CC=C4C[C@@H](OC(=O)c5cccc(C)c5)CC[C@]4(C)[C@H]3CC[C@]12C. The zero-order valence-corrected chi connectivity index (χ0v) is 19.9. The lowest BCUT2D eigenvalue weighted by molar-refractivity contribution is -0.115. The summed E-state index contributed by atoms with van der Waals surface area (Å²) in [6.07, 6.45) is 12.1. The maximum atomic E-state index is 12.7. The first-order valence-corrected chi connectivity index (χ1v) is 12.4. The predicted octanol–water partition coefficient (Wildman–Crippen LogP) is 6.61. The second-order valence-electron chi connectivity index (χ2n) is 11.3. The molecule has 2 fully saturated rings. The van der Waals surface area contributed by atoms with Crippen molar-refractivity contribution in [2.75, 3.05) is 0 Å². The van der Waals surface area contributed by atoms with Crippen LogP contribution in [0, 0.1) is 35.5 Å². The van der Waals surface area contributed by atoms with Gasteiger partial charge >= 0.3 is 5.97 Å². The molecule has 0 heterocycles. The van der Waals surface area contributed by atoms with Gasteiger partial charge in [-0.05, 0) is 98.7 Å². The van der Waals surface area contributed by atoms with Crippen LogP contribution in [0.3, 0.4) is 0 Å². The highest BCUT2D eigenvalue weighted by Crippen LogP contribution is 2.65. The lowest BCUT2D eigenvalue weighted by Gasteiger charge is -2.57. The molecule has 6 atom stereocenters. The third-order valence-electron chi connectivity index (χ3n) is 9.55. The summed E-state index contributed by atoms with van der Waals surface area (Å²) in [6, 6.07) is 7.67. The summed E-state index contributed by atoms with van der Waals surface area (Å²) < 4.78 is 5.96. The minimum Gasteiger partial charge on any atom is -0.458 e. The van der Waals surface area contributed by atoms with Crippen molar-refractivity contribution in [2.24, 2.45) is 28.6 Å². The van der Waals surface area contributed by atoms with Gasteiger partial charge < -0.3 is 4.74 Å². The molecule has 5 rings (SSSR count). The number of hydrogen-bond donors (Lipinski definition) is 0. The van der Waals surface area contributed by atoms with Crippen molar-refractivity contribution in [3.05, 3.63) is 58.7 Å². The maximum Gasteiger partial charge on any atom is 0.338 e. The summed E-state index contributed by atoms with van der Waals surface area (Å²) in [4.78, 5) is 25.0. The van der Waals surface area contributed by atoms with E-state index in [4.69, 9.17) is 4.74 Å². The van der Waals surface area contributed by atoms with E-state index in [9.17, 15) is 9.59 Å². The Labute approximate surface area is 192 Å². The van der Waals surface area contributed by atoms with Crippen LogP contribution in [-0.2, 0) is 9.53 Å². The van der Waals surface area contributed by atoms with Crippen LogP contribution in [0.2, 0.25) is 0 Å². The maximum absolute atomic E-state index is 12.7. The summed E-state index contributed by atoms with van der Waals surface area (Å²) in [5.41, 5.74) is 4.60. The van der Waals surface area contributed by atoms with E-state index in [0.29, 0.717) is 23.3 Å². The quantitative estimate of drug-likeness (QED) is 0.399. The van der Waals surface area contributed by atoms with Gasteiger partial charge in [-0.25, -0.2) is 4.79 Å². The molecule has 4 aliphatic carbocycles. The molecule has 32 heavy (non-hydrogen) atoms. The molecule has 170 valence electrons. The van der Waals surface area contributed by atoms with Crippen molar-refractivity contribution in [1.29, 1.82) is 0 Å². The Morgan fingerprint density at radius 2 is 1.78 bits per heavy atom. The van der Waals surface area contributed by atoms with Crippen LogP contribution in [0.1, 0.15) is 81.6 Å². The zero-order chi connectivity index (χ0) is 22.7. The van der Waals surface area contributed by atoms with E-state index in [1.165, 1.54) is 12.0 Å². The van der Waals surface area contributed by atoms with Gasteiger partial charge in [-0.15, -0.1) is 0 Å².